The molecule has 0 aromatic carbocycles. The minimum absolute atomic E-state index is 0.178. The van der Waals surface area contributed by atoms with Crippen LogP contribution in [0.5, 0.6) is 0 Å². The highest BCUT2D eigenvalue weighted by molar-refractivity contribution is 9.10. The number of rotatable bonds is 2. The molecule has 18 heavy (non-hydrogen) atoms. The zero-order chi connectivity index (χ0) is 12.5. The van der Waals surface area contributed by atoms with Crippen LogP contribution in [0.25, 0.3) is 11.0 Å². The Morgan fingerprint density at radius 1 is 1.22 bits per heavy atom. The van der Waals surface area contributed by atoms with Gasteiger partial charge in [-0.1, -0.05) is 6.07 Å². The van der Waals surface area contributed by atoms with Crippen molar-refractivity contribution in [1.82, 2.24) is 14.5 Å². The lowest BCUT2D eigenvalue weighted by atomic mass is 10.2. The fraction of sp³-hybridized carbons (Fsp3) is 0.143. The van der Waals surface area contributed by atoms with E-state index >= 15 is 0 Å². The lowest BCUT2D eigenvalue weighted by Crippen LogP contribution is -2.07. The number of hydrogen-bond donors (Lipinski definition) is 0. The molecule has 0 aliphatic carbocycles. The van der Waals surface area contributed by atoms with E-state index in [1.807, 2.05) is 30.6 Å². The van der Waals surface area contributed by atoms with E-state index in [2.05, 4.69) is 55.7 Å². The zero-order valence-electron chi connectivity index (χ0n) is 9.92. The Hall–Kier alpha value is -1.68. The van der Waals surface area contributed by atoms with Crippen molar-refractivity contribution >= 4 is 27.0 Å². The highest BCUT2D eigenvalue weighted by atomic mass is 79.9. The third kappa shape index (κ3) is 1.93. The van der Waals surface area contributed by atoms with Crippen molar-refractivity contribution in [2.75, 3.05) is 0 Å². The maximum Gasteiger partial charge on any atom is 0.140 e. The van der Waals surface area contributed by atoms with Crippen molar-refractivity contribution < 1.29 is 0 Å². The largest absolute Gasteiger partial charge is 0.324 e. The zero-order valence-corrected chi connectivity index (χ0v) is 11.5. The Morgan fingerprint density at radius 2 is 2.11 bits per heavy atom. The molecule has 3 rings (SSSR count). The summed E-state index contributed by atoms with van der Waals surface area (Å²) in [5.74, 6) is 0. The van der Waals surface area contributed by atoms with Gasteiger partial charge in [0.1, 0.15) is 5.65 Å². The molecule has 0 fully saturated rings. The van der Waals surface area contributed by atoms with Gasteiger partial charge >= 0.3 is 0 Å². The Bertz CT molecular complexity index is 676. The van der Waals surface area contributed by atoms with Crippen LogP contribution in [0.4, 0.5) is 0 Å². The summed E-state index contributed by atoms with van der Waals surface area (Å²) in [5.41, 5.74) is 2.02. The van der Waals surface area contributed by atoms with Gasteiger partial charge in [0.25, 0.3) is 0 Å². The van der Waals surface area contributed by atoms with Crippen LogP contribution in [0.3, 0.4) is 0 Å². The number of fused-ring (bicyclic) bond motifs is 1. The van der Waals surface area contributed by atoms with Crippen molar-refractivity contribution in [3.8, 4) is 0 Å². The molecule has 0 N–H and O–H groups in total. The number of nitrogens with zero attached hydrogens (tertiary/aromatic N) is 3. The van der Waals surface area contributed by atoms with Gasteiger partial charge in [0, 0.05) is 28.4 Å². The number of hydrogen-bond acceptors (Lipinski definition) is 2. The smallest absolute Gasteiger partial charge is 0.140 e. The van der Waals surface area contributed by atoms with Crippen LogP contribution in [-0.4, -0.2) is 14.5 Å². The molecule has 0 amide bonds. The predicted molar refractivity (Wildman–Crippen MR) is 75.5 cm³/mol. The quantitative estimate of drug-likeness (QED) is 0.721. The summed E-state index contributed by atoms with van der Waals surface area (Å²) >= 11 is 3.44. The SMILES string of the molecule is CC(c1ccccn1)n1ccc2cc(Br)cnc21. The van der Waals surface area contributed by atoms with Crippen LogP contribution in [0.1, 0.15) is 18.7 Å². The standard InChI is InChI=1S/C14H12BrN3/c1-10(13-4-2-3-6-16-13)18-7-5-11-8-12(15)9-17-14(11)18/h2-10H,1H3. The molecule has 1 unspecified atom stereocenters. The van der Waals surface area contributed by atoms with E-state index in [0.29, 0.717) is 0 Å². The predicted octanol–water partition coefficient (Wildman–Crippen LogP) is 3.80. The van der Waals surface area contributed by atoms with E-state index in [1.165, 1.54) is 0 Å². The van der Waals surface area contributed by atoms with Gasteiger partial charge in [-0.25, -0.2) is 4.98 Å². The summed E-state index contributed by atoms with van der Waals surface area (Å²) in [4.78, 5) is 8.88. The molecule has 3 nitrogen and oxygen atoms in total. The maximum absolute atomic E-state index is 4.48. The van der Waals surface area contributed by atoms with E-state index in [4.69, 9.17) is 0 Å². The second-order valence-corrected chi connectivity index (χ2v) is 5.14. The molecule has 3 heterocycles. The first-order valence-electron chi connectivity index (χ1n) is 5.79. The second kappa shape index (κ2) is 4.53. The first kappa shape index (κ1) is 11.4. The summed E-state index contributed by atoms with van der Waals surface area (Å²) in [6, 6.07) is 10.3. The topological polar surface area (TPSA) is 30.7 Å². The first-order valence-corrected chi connectivity index (χ1v) is 6.58. The maximum atomic E-state index is 4.48. The highest BCUT2D eigenvalue weighted by Crippen LogP contribution is 2.24. The van der Waals surface area contributed by atoms with Crippen molar-refractivity contribution in [2.24, 2.45) is 0 Å². The van der Waals surface area contributed by atoms with Gasteiger partial charge in [-0.2, -0.15) is 0 Å². The average molecular weight is 302 g/mol. The molecule has 0 aliphatic heterocycles. The van der Waals surface area contributed by atoms with Gasteiger partial charge < -0.3 is 4.57 Å². The minimum Gasteiger partial charge on any atom is -0.324 e. The molecule has 0 saturated heterocycles. The molecule has 90 valence electrons. The van der Waals surface area contributed by atoms with Gasteiger partial charge in [0.15, 0.2) is 0 Å². The minimum atomic E-state index is 0.178. The molecular formula is C14H12BrN3. The molecule has 3 aromatic rings. The molecule has 0 radical (unpaired) electrons. The first-order chi connectivity index (χ1) is 8.75. The van der Waals surface area contributed by atoms with Crippen LogP contribution in [-0.2, 0) is 0 Å². The van der Waals surface area contributed by atoms with Crippen LogP contribution in [0.2, 0.25) is 0 Å². The van der Waals surface area contributed by atoms with Crippen molar-refractivity contribution in [2.45, 2.75) is 13.0 Å². The summed E-state index contributed by atoms with van der Waals surface area (Å²) < 4.78 is 3.14. The van der Waals surface area contributed by atoms with Crippen LogP contribution >= 0.6 is 15.9 Å². The molecule has 0 aliphatic rings. The lowest BCUT2D eigenvalue weighted by Gasteiger charge is -2.13. The molecular weight excluding hydrogens is 290 g/mol. The fourth-order valence-electron chi connectivity index (χ4n) is 2.10. The molecule has 1 atom stereocenters. The molecule has 4 heteroatoms. The highest BCUT2D eigenvalue weighted by Gasteiger charge is 2.12. The van der Waals surface area contributed by atoms with Crippen molar-refractivity contribution in [3.63, 3.8) is 0 Å². The monoisotopic (exact) mass is 301 g/mol. The number of aromatic nitrogens is 3. The van der Waals surface area contributed by atoms with Crippen molar-refractivity contribution in [3.05, 3.63) is 59.1 Å². The number of halogens is 1. The van der Waals surface area contributed by atoms with Gasteiger partial charge in [-0.05, 0) is 47.1 Å². The number of pyridine rings is 2. The van der Waals surface area contributed by atoms with E-state index in [-0.39, 0.29) is 6.04 Å². The van der Waals surface area contributed by atoms with E-state index in [0.717, 1.165) is 21.2 Å². The normalized spacial score (nSPS) is 12.8. The Balaban J connectivity index is 2.10. The summed E-state index contributed by atoms with van der Waals surface area (Å²) in [6.45, 7) is 2.13. The molecule has 0 saturated carbocycles. The fourth-order valence-corrected chi connectivity index (χ4v) is 2.44. The third-order valence-corrected chi connectivity index (χ3v) is 3.49. The summed E-state index contributed by atoms with van der Waals surface area (Å²) in [7, 11) is 0. The molecule has 0 bridgehead atoms. The van der Waals surface area contributed by atoms with Crippen LogP contribution in [0, 0.1) is 0 Å². The van der Waals surface area contributed by atoms with Crippen molar-refractivity contribution in [1.29, 1.82) is 0 Å². The van der Waals surface area contributed by atoms with Gasteiger partial charge in [0.2, 0.25) is 0 Å². The summed E-state index contributed by atoms with van der Waals surface area (Å²) in [5, 5.41) is 1.13. The third-order valence-electron chi connectivity index (χ3n) is 3.05. The van der Waals surface area contributed by atoms with Gasteiger partial charge in [-0.15, -0.1) is 0 Å². The Labute approximate surface area is 114 Å². The van der Waals surface area contributed by atoms with Gasteiger partial charge in [-0.3, -0.25) is 4.98 Å². The second-order valence-electron chi connectivity index (χ2n) is 4.22. The molecule has 3 aromatic heterocycles. The Morgan fingerprint density at radius 3 is 2.89 bits per heavy atom. The van der Waals surface area contributed by atoms with E-state index < -0.39 is 0 Å². The van der Waals surface area contributed by atoms with Crippen LogP contribution in [0.15, 0.2) is 53.4 Å². The molecule has 0 spiro atoms. The summed E-state index contributed by atoms with van der Waals surface area (Å²) in [6.07, 6.45) is 5.70. The van der Waals surface area contributed by atoms with E-state index in [1.54, 1.807) is 0 Å². The van der Waals surface area contributed by atoms with Gasteiger partial charge in [0.05, 0.1) is 11.7 Å². The van der Waals surface area contributed by atoms with Crippen LogP contribution < -0.4 is 0 Å². The van der Waals surface area contributed by atoms with E-state index in [9.17, 15) is 0 Å². The Kier molecular flexibility index (Phi) is 2.88. The average Bonchev–Trinajstić information content (AvgIpc) is 2.81. The lowest BCUT2D eigenvalue weighted by molar-refractivity contribution is 0.638.